The highest BCUT2D eigenvalue weighted by Crippen LogP contribution is 2.50. The Bertz CT molecular complexity index is 942. The first kappa shape index (κ1) is 31.1. The zero-order valence-corrected chi connectivity index (χ0v) is 25.1. The number of piperidine rings is 1. The fourth-order valence-corrected chi connectivity index (χ4v) is 6.29. The fourth-order valence-electron chi connectivity index (χ4n) is 6.29. The highest BCUT2D eigenvalue weighted by atomic mass is 16.4. The largest absolute Gasteiger partial charge is 0.507 e. The van der Waals surface area contributed by atoms with Gasteiger partial charge >= 0.3 is 11.9 Å². The smallest absolute Gasteiger partial charge is 0.321 e. The molecule has 3 N–H and O–H groups in total. The molecule has 6 nitrogen and oxygen atoms in total. The van der Waals surface area contributed by atoms with Gasteiger partial charge in [-0.05, 0) is 100 Å². The van der Waals surface area contributed by atoms with Crippen LogP contribution in [-0.2, 0) is 26.8 Å². The van der Waals surface area contributed by atoms with E-state index in [1.54, 1.807) is 0 Å². The van der Waals surface area contributed by atoms with E-state index in [-0.39, 0.29) is 28.3 Å². The summed E-state index contributed by atoms with van der Waals surface area (Å²) in [6.07, 6.45) is 3.03. The molecule has 2 rings (SSSR count). The van der Waals surface area contributed by atoms with Crippen molar-refractivity contribution in [2.45, 2.75) is 130 Å². The Balaban J connectivity index is 2.32. The number of aryl methyl sites for hydroxylation is 1. The summed E-state index contributed by atoms with van der Waals surface area (Å²) in [5.41, 5.74) is 0.0175. The summed E-state index contributed by atoms with van der Waals surface area (Å²) < 4.78 is 0. The normalized spacial score (nSPS) is 19.1. The molecule has 0 amide bonds. The molecule has 6 heteroatoms. The number of phenolic OH excluding ortho intramolecular Hbond substituents is 1. The average molecular weight is 518 g/mol. The molecule has 1 aromatic carbocycles. The van der Waals surface area contributed by atoms with E-state index >= 15 is 0 Å². The summed E-state index contributed by atoms with van der Waals surface area (Å²) in [6.45, 7) is 20.8. The topological polar surface area (TPSA) is 98.1 Å². The Morgan fingerprint density at radius 1 is 0.865 bits per heavy atom. The third-order valence-electron chi connectivity index (χ3n) is 8.84. The van der Waals surface area contributed by atoms with Crippen LogP contribution in [0, 0.1) is 11.3 Å². The number of aliphatic carboxylic acids is 2. The molecule has 1 fully saturated rings. The number of hydrogen-bond acceptors (Lipinski definition) is 4. The van der Waals surface area contributed by atoms with Gasteiger partial charge in [0.1, 0.15) is 5.75 Å². The number of hydrogen-bond donors (Lipinski definition) is 3. The third-order valence-corrected chi connectivity index (χ3v) is 8.84. The SMILES string of the molecule is CN1C(C)(C)CC(C(CCCCc2cc(C(C)(C)C)c(O)c(C(C)(C)C)c2)(C(=O)O)C(=O)O)CC1(C)C. The first-order valence-electron chi connectivity index (χ1n) is 13.6. The number of unbranched alkanes of at least 4 members (excludes halogenated alkanes) is 1. The summed E-state index contributed by atoms with van der Waals surface area (Å²) in [5, 5.41) is 31.7. The van der Waals surface area contributed by atoms with Crippen molar-refractivity contribution in [1.82, 2.24) is 4.90 Å². The first-order chi connectivity index (χ1) is 16.6. The standard InChI is InChI=1S/C31H51NO5/c1-27(2,3)22-16-20(17-23(24(22)33)28(4,5)6)14-12-13-15-31(25(34)35,26(36)37)21-18-29(7,8)32(11)30(9,10)19-21/h16-17,21,33H,12-15,18-19H2,1-11H3,(H,34,35)(H,36,37). The Kier molecular flexibility index (Phi) is 8.62. The molecule has 1 saturated heterocycles. The van der Waals surface area contributed by atoms with Crippen molar-refractivity contribution in [3.63, 3.8) is 0 Å². The lowest BCUT2D eigenvalue weighted by molar-refractivity contribution is -0.176. The summed E-state index contributed by atoms with van der Waals surface area (Å²) >= 11 is 0. The van der Waals surface area contributed by atoms with Gasteiger partial charge in [-0.2, -0.15) is 0 Å². The molecule has 0 radical (unpaired) electrons. The van der Waals surface area contributed by atoms with Crippen molar-refractivity contribution in [2.24, 2.45) is 11.3 Å². The Labute approximate surface area is 224 Å². The molecule has 0 bridgehead atoms. The van der Waals surface area contributed by atoms with Gasteiger partial charge in [-0.25, -0.2) is 0 Å². The van der Waals surface area contributed by atoms with Crippen LogP contribution in [0.3, 0.4) is 0 Å². The van der Waals surface area contributed by atoms with Gasteiger partial charge in [-0.15, -0.1) is 0 Å². The maximum atomic E-state index is 12.7. The van der Waals surface area contributed by atoms with Crippen LogP contribution in [0.2, 0.25) is 0 Å². The minimum absolute atomic E-state index is 0.106. The van der Waals surface area contributed by atoms with Crippen molar-refractivity contribution in [3.05, 3.63) is 28.8 Å². The van der Waals surface area contributed by atoms with Crippen LogP contribution in [0.15, 0.2) is 12.1 Å². The van der Waals surface area contributed by atoms with Gasteiger partial charge in [-0.3, -0.25) is 14.5 Å². The number of phenols is 1. The maximum absolute atomic E-state index is 12.7. The second kappa shape index (κ2) is 10.2. The number of benzene rings is 1. The lowest BCUT2D eigenvalue weighted by Crippen LogP contribution is -2.62. The lowest BCUT2D eigenvalue weighted by atomic mass is 9.61. The van der Waals surface area contributed by atoms with E-state index in [1.165, 1.54) is 0 Å². The summed E-state index contributed by atoms with van der Waals surface area (Å²) in [6, 6.07) is 4.10. The van der Waals surface area contributed by atoms with Crippen LogP contribution >= 0.6 is 0 Å². The van der Waals surface area contributed by atoms with Gasteiger partial charge in [0.25, 0.3) is 0 Å². The molecule has 1 aromatic rings. The van der Waals surface area contributed by atoms with Gasteiger partial charge in [0.05, 0.1) is 0 Å². The van der Waals surface area contributed by atoms with E-state index in [1.807, 2.05) is 19.2 Å². The van der Waals surface area contributed by atoms with Gasteiger partial charge in [-0.1, -0.05) is 60.1 Å². The zero-order chi connectivity index (χ0) is 28.8. The van der Waals surface area contributed by atoms with Crippen molar-refractivity contribution in [1.29, 1.82) is 0 Å². The van der Waals surface area contributed by atoms with Crippen LogP contribution < -0.4 is 0 Å². The number of carboxylic acids is 2. The molecule has 0 aromatic heterocycles. The molecule has 0 unspecified atom stereocenters. The third kappa shape index (κ3) is 6.32. The van der Waals surface area contributed by atoms with E-state index < -0.39 is 23.3 Å². The Morgan fingerprint density at radius 2 is 1.27 bits per heavy atom. The number of rotatable bonds is 8. The predicted molar refractivity (Wildman–Crippen MR) is 149 cm³/mol. The van der Waals surface area contributed by atoms with E-state index in [0.717, 1.165) is 16.7 Å². The minimum Gasteiger partial charge on any atom is -0.507 e. The van der Waals surface area contributed by atoms with Crippen molar-refractivity contribution < 1.29 is 24.9 Å². The molecule has 0 aliphatic carbocycles. The molecule has 0 atom stereocenters. The Morgan fingerprint density at radius 3 is 1.62 bits per heavy atom. The van der Waals surface area contributed by atoms with Crippen molar-refractivity contribution in [3.8, 4) is 5.75 Å². The minimum atomic E-state index is -1.81. The molecular formula is C31H51NO5. The van der Waals surface area contributed by atoms with Gasteiger partial charge in [0.2, 0.25) is 0 Å². The summed E-state index contributed by atoms with van der Waals surface area (Å²) in [7, 11) is 2.04. The predicted octanol–water partition coefficient (Wildman–Crippen LogP) is 6.75. The van der Waals surface area contributed by atoms with Crippen LogP contribution in [0.1, 0.15) is 118 Å². The van der Waals surface area contributed by atoms with E-state index in [0.29, 0.717) is 37.9 Å². The molecule has 1 aliphatic rings. The lowest BCUT2D eigenvalue weighted by Gasteiger charge is -2.56. The van der Waals surface area contributed by atoms with Gasteiger partial charge in [0.15, 0.2) is 5.41 Å². The molecule has 37 heavy (non-hydrogen) atoms. The highest BCUT2D eigenvalue weighted by Gasteiger charge is 2.58. The first-order valence-corrected chi connectivity index (χ1v) is 13.6. The number of carbonyl (C=O) groups is 2. The van der Waals surface area contributed by atoms with Crippen LogP contribution in [-0.4, -0.2) is 50.3 Å². The number of aromatic hydroxyl groups is 1. The molecule has 0 spiro atoms. The van der Waals surface area contributed by atoms with Crippen molar-refractivity contribution >= 4 is 11.9 Å². The quantitative estimate of drug-likeness (QED) is 0.260. The Hall–Kier alpha value is -2.08. The fraction of sp³-hybridized carbons (Fsp3) is 0.742. The maximum Gasteiger partial charge on any atom is 0.321 e. The second-order valence-electron chi connectivity index (χ2n) is 14.6. The van der Waals surface area contributed by atoms with E-state index in [9.17, 15) is 24.9 Å². The van der Waals surface area contributed by atoms with E-state index in [4.69, 9.17) is 0 Å². The summed E-state index contributed by atoms with van der Waals surface area (Å²) in [4.78, 5) is 27.6. The van der Waals surface area contributed by atoms with Crippen LogP contribution in [0.25, 0.3) is 0 Å². The molecule has 210 valence electrons. The number of carboxylic acid groups (broad SMARTS) is 2. The number of nitrogens with zero attached hydrogens (tertiary/aromatic N) is 1. The second-order valence-corrected chi connectivity index (χ2v) is 14.6. The van der Waals surface area contributed by atoms with Crippen LogP contribution in [0.4, 0.5) is 0 Å². The molecule has 0 saturated carbocycles. The number of likely N-dealkylation sites (tertiary alicyclic amines) is 1. The monoisotopic (exact) mass is 517 g/mol. The summed E-state index contributed by atoms with van der Waals surface area (Å²) in [5.74, 6) is -2.57. The average Bonchev–Trinajstić information content (AvgIpc) is 2.70. The molecular weight excluding hydrogens is 466 g/mol. The molecule has 1 heterocycles. The zero-order valence-electron chi connectivity index (χ0n) is 25.1. The molecule has 1 aliphatic heterocycles. The van der Waals surface area contributed by atoms with Crippen molar-refractivity contribution in [2.75, 3.05) is 7.05 Å². The van der Waals surface area contributed by atoms with Gasteiger partial charge < -0.3 is 15.3 Å². The van der Waals surface area contributed by atoms with Crippen LogP contribution in [0.5, 0.6) is 5.75 Å². The van der Waals surface area contributed by atoms with E-state index in [2.05, 4.69) is 74.1 Å². The highest BCUT2D eigenvalue weighted by molar-refractivity contribution is 5.98. The van der Waals surface area contributed by atoms with Gasteiger partial charge in [0, 0.05) is 11.1 Å².